The topological polar surface area (TPSA) is 80.8 Å². The smallest absolute Gasteiger partial charge is 0.241 e. The van der Waals surface area contributed by atoms with Gasteiger partial charge in [-0.2, -0.15) is 0 Å². The minimum absolute atomic E-state index is 0.200. The first-order valence-corrected chi connectivity index (χ1v) is 11.8. The number of carbonyl (C=O) groups is 4. The lowest BCUT2D eigenvalue weighted by Gasteiger charge is -2.27. The summed E-state index contributed by atoms with van der Waals surface area (Å²) in [5, 5.41) is 0.450. The molecule has 3 atom stereocenters. The van der Waals surface area contributed by atoms with Gasteiger partial charge in [0, 0.05) is 20.6 Å². The van der Waals surface area contributed by atoms with Crippen molar-refractivity contribution < 1.29 is 23.9 Å². The van der Waals surface area contributed by atoms with Crippen LogP contribution in [0, 0.1) is 11.8 Å². The van der Waals surface area contributed by atoms with Crippen LogP contribution < -0.4 is 4.90 Å². The second-order valence-corrected chi connectivity index (χ2v) is 9.88. The lowest BCUT2D eigenvalue weighted by atomic mass is 9.77. The summed E-state index contributed by atoms with van der Waals surface area (Å²) in [5.74, 6) is -4.65. The predicted octanol–water partition coefficient (Wildman–Crippen LogP) is 4.80. The van der Waals surface area contributed by atoms with Crippen LogP contribution in [0.15, 0.2) is 77.3 Å². The summed E-state index contributed by atoms with van der Waals surface area (Å²) in [6.45, 7) is 0. The van der Waals surface area contributed by atoms with Crippen molar-refractivity contribution >= 4 is 56.6 Å². The number of ketones is 2. The van der Waals surface area contributed by atoms with Gasteiger partial charge in [-0.25, -0.2) is 4.90 Å². The van der Waals surface area contributed by atoms with E-state index in [0.29, 0.717) is 16.3 Å². The number of amides is 2. The molecule has 6 nitrogen and oxygen atoms in total. The maximum Gasteiger partial charge on any atom is 0.241 e. The molecule has 0 unspecified atom stereocenters. The Morgan fingerprint density at radius 1 is 0.824 bits per heavy atom. The Balaban J connectivity index is 1.55. The third kappa shape index (κ3) is 2.72. The van der Waals surface area contributed by atoms with Crippen molar-refractivity contribution in [1.82, 2.24) is 0 Å². The van der Waals surface area contributed by atoms with Crippen molar-refractivity contribution in [3.63, 3.8) is 0 Å². The van der Waals surface area contributed by atoms with Crippen LogP contribution >= 0.6 is 27.5 Å². The number of fused-ring (bicyclic) bond motifs is 3. The fourth-order valence-electron chi connectivity index (χ4n) is 5.35. The summed E-state index contributed by atoms with van der Waals surface area (Å²) in [6, 6.07) is 19.8. The van der Waals surface area contributed by atoms with Gasteiger partial charge in [-0.1, -0.05) is 63.9 Å². The molecule has 3 aromatic carbocycles. The fourth-order valence-corrected chi connectivity index (χ4v) is 5.89. The second-order valence-electron chi connectivity index (χ2n) is 8.52. The molecule has 2 heterocycles. The molecule has 2 saturated heterocycles. The van der Waals surface area contributed by atoms with Gasteiger partial charge in [0.15, 0.2) is 0 Å². The molecule has 0 saturated carbocycles. The Bertz CT molecular complexity index is 1380. The Morgan fingerprint density at radius 3 is 2.09 bits per heavy atom. The van der Waals surface area contributed by atoms with E-state index in [-0.39, 0.29) is 11.1 Å². The number of hydrogen-bond acceptors (Lipinski definition) is 5. The zero-order chi connectivity index (χ0) is 23.8. The predicted molar refractivity (Wildman–Crippen MR) is 127 cm³/mol. The van der Waals surface area contributed by atoms with Crippen molar-refractivity contribution in [1.29, 1.82) is 0 Å². The van der Waals surface area contributed by atoms with Crippen LogP contribution in [0.2, 0.25) is 5.02 Å². The molecule has 6 rings (SSSR count). The fraction of sp³-hybridized carbons (Fsp3) is 0.154. The van der Waals surface area contributed by atoms with Gasteiger partial charge in [-0.3, -0.25) is 19.2 Å². The number of carbonyl (C=O) groups excluding carboxylic acids is 4. The number of nitrogens with zero attached hydrogens (tertiary/aromatic N) is 1. The summed E-state index contributed by atoms with van der Waals surface area (Å²) < 4.78 is 7.00. The van der Waals surface area contributed by atoms with E-state index in [2.05, 4.69) is 15.9 Å². The summed E-state index contributed by atoms with van der Waals surface area (Å²) in [7, 11) is 0. The van der Waals surface area contributed by atoms with E-state index in [1.54, 1.807) is 66.7 Å². The molecule has 3 aliphatic rings. The van der Waals surface area contributed by atoms with E-state index in [9.17, 15) is 19.2 Å². The van der Waals surface area contributed by atoms with Gasteiger partial charge < -0.3 is 4.74 Å². The average Bonchev–Trinajstić information content (AvgIpc) is 3.40. The molecule has 0 N–H and O–H groups in total. The van der Waals surface area contributed by atoms with E-state index in [1.165, 1.54) is 0 Å². The number of benzene rings is 3. The number of halogens is 2. The first-order chi connectivity index (χ1) is 16.3. The maximum absolute atomic E-state index is 13.8. The maximum atomic E-state index is 13.8. The van der Waals surface area contributed by atoms with Crippen LogP contribution in [0.1, 0.15) is 32.4 Å². The van der Waals surface area contributed by atoms with Crippen molar-refractivity contribution in [2.45, 2.75) is 11.7 Å². The summed E-state index contributed by atoms with van der Waals surface area (Å²) in [6.07, 6.45) is -0.960. The van der Waals surface area contributed by atoms with Gasteiger partial charge in [-0.05, 0) is 42.0 Å². The summed E-state index contributed by atoms with van der Waals surface area (Å²) in [4.78, 5) is 56.0. The molecule has 0 radical (unpaired) electrons. The van der Waals surface area contributed by atoms with E-state index in [0.717, 1.165) is 9.37 Å². The molecule has 1 spiro atoms. The minimum Gasteiger partial charge on any atom is -0.349 e. The highest BCUT2D eigenvalue weighted by Gasteiger charge is 2.74. The second kappa shape index (κ2) is 7.43. The standard InChI is InChI=1S/C26H15BrClNO5/c27-14-5-3-4-13(12-14)21-19-20(25(33)29(24(19)32)16-10-8-15(28)9-11-16)26(34-21)22(30)17-6-1-2-7-18(17)23(26)31/h1-12,19-21H/t19-,20-,21-/m0/s1. The zero-order valence-electron chi connectivity index (χ0n) is 17.4. The Hall–Kier alpha value is -3.13. The molecule has 34 heavy (non-hydrogen) atoms. The molecular formula is C26H15BrClNO5. The Labute approximate surface area is 207 Å². The van der Waals surface area contributed by atoms with Crippen molar-refractivity contribution in [3.05, 3.63) is 99.0 Å². The molecule has 0 bridgehead atoms. The van der Waals surface area contributed by atoms with Crippen LogP contribution in [0.3, 0.4) is 0 Å². The number of Topliss-reactive ketones (excluding diaryl/α,β-unsaturated/α-hetero) is 2. The van der Waals surface area contributed by atoms with Gasteiger partial charge in [0.2, 0.25) is 29.0 Å². The monoisotopic (exact) mass is 535 g/mol. The SMILES string of the molecule is O=C1[C@H]2[C@@H](C(=O)N1c1ccc(Cl)cc1)C1(O[C@H]2c2cccc(Br)c2)C(=O)c2ccccc2C1=O. The number of hydrogen-bond donors (Lipinski definition) is 0. The highest BCUT2D eigenvalue weighted by atomic mass is 79.9. The van der Waals surface area contributed by atoms with E-state index >= 15 is 0 Å². The first kappa shape index (κ1) is 21.4. The van der Waals surface area contributed by atoms with Crippen LogP contribution in [0.25, 0.3) is 0 Å². The van der Waals surface area contributed by atoms with E-state index < -0.39 is 46.9 Å². The third-order valence-corrected chi connectivity index (χ3v) is 7.53. The lowest BCUT2D eigenvalue weighted by molar-refractivity contribution is -0.127. The van der Waals surface area contributed by atoms with Gasteiger partial charge in [0.25, 0.3) is 0 Å². The van der Waals surface area contributed by atoms with Crippen LogP contribution in [0.4, 0.5) is 5.69 Å². The number of imide groups is 1. The highest BCUT2D eigenvalue weighted by molar-refractivity contribution is 9.10. The summed E-state index contributed by atoms with van der Waals surface area (Å²) in [5.41, 5.74) is -0.767. The molecular weight excluding hydrogens is 522 g/mol. The van der Waals surface area contributed by atoms with Crippen LogP contribution in [-0.4, -0.2) is 29.0 Å². The Morgan fingerprint density at radius 2 is 1.47 bits per heavy atom. The normalized spacial score (nSPS) is 24.8. The molecule has 2 fully saturated rings. The molecule has 2 aliphatic heterocycles. The third-order valence-electron chi connectivity index (χ3n) is 6.78. The molecule has 0 aromatic heterocycles. The van der Waals surface area contributed by atoms with Crippen LogP contribution in [0.5, 0.6) is 0 Å². The number of anilines is 1. The van der Waals surface area contributed by atoms with Crippen molar-refractivity contribution in [2.24, 2.45) is 11.8 Å². The minimum atomic E-state index is -2.09. The van der Waals surface area contributed by atoms with Gasteiger partial charge in [0.05, 0.1) is 23.6 Å². The van der Waals surface area contributed by atoms with Gasteiger partial charge in [-0.15, -0.1) is 0 Å². The van der Waals surface area contributed by atoms with Crippen molar-refractivity contribution in [3.8, 4) is 0 Å². The quantitative estimate of drug-likeness (QED) is 0.347. The summed E-state index contributed by atoms with van der Waals surface area (Å²) >= 11 is 9.41. The van der Waals surface area contributed by atoms with Gasteiger partial charge in [0.1, 0.15) is 0 Å². The molecule has 8 heteroatoms. The number of rotatable bonds is 2. The lowest BCUT2D eigenvalue weighted by Crippen LogP contribution is -2.51. The largest absolute Gasteiger partial charge is 0.349 e. The van der Waals surface area contributed by atoms with E-state index in [4.69, 9.17) is 16.3 Å². The highest BCUT2D eigenvalue weighted by Crippen LogP contribution is 2.57. The molecule has 3 aromatic rings. The van der Waals surface area contributed by atoms with Crippen LogP contribution in [-0.2, 0) is 14.3 Å². The molecule has 168 valence electrons. The van der Waals surface area contributed by atoms with Gasteiger partial charge >= 0.3 is 0 Å². The average molecular weight is 537 g/mol. The first-order valence-electron chi connectivity index (χ1n) is 10.6. The van der Waals surface area contributed by atoms with E-state index in [1.807, 2.05) is 6.07 Å². The number of ether oxygens (including phenoxy) is 1. The molecule has 2 amide bonds. The van der Waals surface area contributed by atoms with Crippen molar-refractivity contribution in [2.75, 3.05) is 4.90 Å². The molecule has 1 aliphatic carbocycles. The Kier molecular flexibility index (Phi) is 4.68. The zero-order valence-corrected chi connectivity index (χ0v) is 19.7.